The number of rotatable bonds is 6. The third kappa shape index (κ3) is 5.74. The molecule has 0 radical (unpaired) electrons. The number of ether oxygens (including phenoxy) is 1. The first-order chi connectivity index (χ1) is 12.0. The van der Waals surface area contributed by atoms with Crippen molar-refractivity contribution in [2.24, 2.45) is 10.9 Å². The molecule has 1 saturated heterocycles. The zero-order valence-corrected chi connectivity index (χ0v) is 15.7. The van der Waals surface area contributed by atoms with E-state index in [4.69, 9.17) is 4.74 Å². The summed E-state index contributed by atoms with van der Waals surface area (Å²) in [6.45, 7) is 6.75. The average Bonchev–Trinajstić information content (AvgIpc) is 3.07. The highest BCUT2D eigenvalue weighted by Gasteiger charge is 2.27. The molecular weight excluding hydrogens is 316 g/mol. The van der Waals surface area contributed by atoms with E-state index in [1.54, 1.807) is 14.2 Å². The summed E-state index contributed by atoms with van der Waals surface area (Å²) >= 11 is 0. The van der Waals surface area contributed by atoms with Crippen molar-refractivity contribution in [2.75, 3.05) is 27.2 Å². The van der Waals surface area contributed by atoms with Gasteiger partial charge >= 0.3 is 0 Å². The fourth-order valence-corrected chi connectivity index (χ4v) is 3.01. The van der Waals surface area contributed by atoms with Crippen LogP contribution < -0.4 is 10.6 Å². The highest BCUT2D eigenvalue weighted by atomic mass is 16.5. The number of nitrogens with one attached hydrogen (secondary N) is 2. The monoisotopic (exact) mass is 346 g/mol. The first-order valence-electron chi connectivity index (χ1n) is 8.86. The fraction of sp³-hybridized carbons (Fsp3) is 0.579. The Labute approximate surface area is 150 Å². The van der Waals surface area contributed by atoms with Crippen molar-refractivity contribution in [3.63, 3.8) is 0 Å². The minimum atomic E-state index is 0.0514. The van der Waals surface area contributed by atoms with Crippen LogP contribution in [0, 0.1) is 5.92 Å². The Morgan fingerprint density at radius 2 is 2.16 bits per heavy atom. The fourth-order valence-electron chi connectivity index (χ4n) is 3.01. The maximum Gasteiger partial charge on any atom is 0.225 e. The molecule has 1 amide bonds. The first kappa shape index (κ1) is 19.2. The van der Waals surface area contributed by atoms with Crippen LogP contribution in [0.1, 0.15) is 31.4 Å². The van der Waals surface area contributed by atoms with Gasteiger partial charge in [-0.25, -0.2) is 0 Å². The Hall–Kier alpha value is -2.08. The Morgan fingerprint density at radius 1 is 1.40 bits per heavy atom. The first-order valence-corrected chi connectivity index (χ1v) is 8.86. The van der Waals surface area contributed by atoms with Crippen LogP contribution in [0.3, 0.4) is 0 Å². The lowest BCUT2D eigenvalue weighted by Gasteiger charge is -2.20. The summed E-state index contributed by atoms with van der Waals surface area (Å²) < 4.78 is 5.18. The van der Waals surface area contributed by atoms with Gasteiger partial charge in [-0.05, 0) is 17.5 Å². The van der Waals surface area contributed by atoms with E-state index in [2.05, 4.69) is 33.8 Å². The predicted octanol–water partition coefficient (Wildman–Crippen LogP) is 1.75. The van der Waals surface area contributed by atoms with Gasteiger partial charge in [0.25, 0.3) is 0 Å². The molecule has 2 N–H and O–H groups in total. The van der Waals surface area contributed by atoms with E-state index in [1.165, 1.54) is 5.56 Å². The molecule has 0 bridgehead atoms. The van der Waals surface area contributed by atoms with Gasteiger partial charge in [-0.3, -0.25) is 9.79 Å². The number of benzene rings is 1. The number of methoxy groups -OCH3 is 1. The lowest BCUT2D eigenvalue weighted by molar-refractivity contribution is -0.133. The second kappa shape index (κ2) is 9.42. The maximum absolute atomic E-state index is 12.1. The van der Waals surface area contributed by atoms with Gasteiger partial charge in [0.15, 0.2) is 5.96 Å². The summed E-state index contributed by atoms with van der Waals surface area (Å²) in [6, 6.07) is 8.54. The molecule has 0 aromatic heterocycles. The van der Waals surface area contributed by atoms with Gasteiger partial charge < -0.3 is 20.3 Å². The molecule has 25 heavy (non-hydrogen) atoms. The van der Waals surface area contributed by atoms with E-state index >= 15 is 0 Å². The molecule has 0 saturated carbocycles. The van der Waals surface area contributed by atoms with Gasteiger partial charge in [0, 0.05) is 45.8 Å². The van der Waals surface area contributed by atoms with Crippen LogP contribution in [0.5, 0.6) is 0 Å². The molecule has 1 aromatic carbocycles. The normalized spacial score (nSPS) is 17.9. The Bertz CT molecular complexity index is 601. The van der Waals surface area contributed by atoms with Gasteiger partial charge in [-0.1, -0.05) is 38.1 Å². The largest absolute Gasteiger partial charge is 0.380 e. The second-order valence-corrected chi connectivity index (χ2v) is 6.75. The number of guanidine groups is 1. The van der Waals surface area contributed by atoms with Gasteiger partial charge in [0.05, 0.1) is 6.61 Å². The molecule has 6 heteroatoms. The van der Waals surface area contributed by atoms with Crippen molar-refractivity contribution in [1.82, 2.24) is 15.5 Å². The second-order valence-electron chi connectivity index (χ2n) is 6.75. The minimum Gasteiger partial charge on any atom is -0.380 e. The van der Waals surface area contributed by atoms with Crippen LogP contribution in [0.25, 0.3) is 0 Å². The molecule has 1 atom stereocenters. The molecule has 1 aromatic rings. The van der Waals surface area contributed by atoms with Crippen LogP contribution >= 0.6 is 0 Å². The van der Waals surface area contributed by atoms with E-state index in [1.807, 2.05) is 24.8 Å². The molecular formula is C19H30N4O2. The van der Waals surface area contributed by atoms with Crippen molar-refractivity contribution in [3.8, 4) is 0 Å². The van der Waals surface area contributed by atoms with Gasteiger partial charge in [0.2, 0.25) is 5.91 Å². The molecule has 0 aliphatic carbocycles. The smallest absolute Gasteiger partial charge is 0.225 e. The summed E-state index contributed by atoms with van der Waals surface area (Å²) in [5.74, 6) is 1.04. The molecule has 2 rings (SSSR count). The number of carbonyl (C=O) groups is 1. The highest BCUT2D eigenvalue weighted by molar-refractivity contribution is 5.81. The molecule has 1 aliphatic heterocycles. The van der Waals surface area contributed by atoms with Crippen molar-refractivity contribution < 1.29 is 9.53 Å². The van der Waals surface area contributed by atoms with Crippen molar-refractivity contribution in [1.29, 1.82) is 0 Å². The number of aliphatic imine (C=N–C) groups is 1. The molecule has 6 nitrogen and oxygen atoms in total. The van der Waals surface area contributed by atoms with Gasteiger partial charge in [0.1, 0.15) is 0 Å². The predicted molar refractivity (Wildman–Crippen MR) is 100 cm³/mol. The molecule has 138 valence electrons. The number of nitrogens with zero attached hydrogens (tertiary/aromatic N) is 2. The Balaban J connectivity index is 1.83. The van der Waals surface area contributed by atoms with Crippen LogP contribution in [0.4, 0.5) is 0 Å². The van der Waals surface area contributed by atoms with E-state index in [9.17, 15) is 4.79 Å². The summed E-state index contributed by atoms with van der Waals surface area (Å²) in [4.78, 5) is 18.3. The number of hydrogen-bond donors (Lipinski definition) is 2. The molecule has 1 heterocycles. The van der Waals surface area contributed by atoms with E-state index in [0.717, 1.165) is 31.0 Å². The third-order valence-electron chi connectivity index (χ3n) is 4.32. The van der Waals surface area contributed by atoms with E-state index < -0.39 is 0 Å². The highest BCUT2D eigenvalue weighted by Crippen LogP contribution is 2.13. The standard InChI is InChI=1S/C19H30N4O2/c1-14(2)18(24)23-9-8-17(12-23)22-19(20-3)21-11-15-6-5-7-16(10-15)13-25-4/h5-7,10,14,17H,8-9,11-13H2,1-4H3,(H2,20,21,22). The van der Waals surface area contributed by atoms with Crippen molar-refractivity contribution in [3.05, 3.63) is 35.4 Å². The van der Waals surface area contributed by atoms with Gasteiger partial charge in [-0.15, -0.1) is 0 Å². The Morgan fingerprint density at radius 3 is 2.84 bits per heavy atom. The number of hydrogen-bond acceptors (Lipinski definition) is 3. The number of amides is 1. The van der Waals surface area contributed by atoms with E-state index in [-0.39, 0.29) is 17.9 Å². The zero-order chi connectivity index (χ0) is 18.2. The van der Waals surface area contributed by atoms with Crippen LogP contribution in [0.15, 0.2) is 29.3 Å². The lowest BCUT2D eigenvalue weighted by atomic mass is 10.1. The lowest BCUT2D eigenvalue weighted by Crippen LogP contribution is -2.45. The zero-order valence-electron chi connectivity index (χ0n) is 15.7. The molecule has 1 aliphatic rings. The molecule has 0 spiro atoms. The van der Waals surface area contributed by atoms with Crippen molar-refractivity contribution >= 4 is 11.9 Å². The van der Waals surface area contributed by atoms with Gasteiger partial charge in [-0.2, -0.15) is 0 Å². The number of carbonyl (C=O) groups excluding carboxylic acids is 1. The SMILES string of the molecule is CN=C(NCc1cccc(COC)c1)NC1CCN(C(=O)C(C)C)C1. The third-order valence-corrected chi connectivity index (χ3v) is 4.32. The summed E-state index contributed by atoms with van der Waals surface area (Å²) in [6.07, 6.45) is 0.947. The molecule has 1 unspecified atom stereocenters. The van der Waals surface area contributed by atoms with Crippen LogP contribution in [-0.4, -0.2) is 50.1 Å². The van der Waals surface area contributed by atoms with Crippen LogP contribution in [0.2, 0.25) is 0 Å². The number of likely N-dealkylation sites (tertiary alicyclic amines) is 1. The van der Waals surface area contributed by atoms with Crippen LogP contribution in [-0.2, 0) is 22.7 Å². The molecule has 1 fully saturated rings. The Kier molecular flexibility index (Phi) is 7.25. The summed E-state index contributed by atoms with van der Waals surface area (Å²) in [5.41, 5.74) is 2.34. The maximum atomic E-state index is 12.1. The quantitative estimate of drug-likeness (QED) is 0.608. The average molecular weight is 346 g/mol. The minimum absolute atomic E-state index is 0.0514. The topological polar surface area (TPSA) is 66.0 Å². The van der Waals surface area contributed by atoms with Crippen molar-refractivity contribution in [2.45, 2.75) is 39.5 Å². The van der Waals surface area contributed by atoms with E-state index in [0.29, 0.717) is 13.2 Å². The summed E-state index contributed by atoms with van der Waals surface area (Å²) in [5, 5.41) is 6.76. The summed E-state index contributed by atoms with van der Waals surface area (Å²) in [7, 11) is 3.47.